The van der Waals surface area contributed by atoms with Gasteiger partial charge in [-0.05, 0) is 44.6 Å². The summed E-state index contributed by atoms with van der Waals surface area (Å²) in [6.45, 7) is 0.549. The average Bonchev–Trinajstić information content (AvgIpc) is 3.18. The van der Waals surface area contributed by atoms with Crippen LogP contribution in [-0.2, 0) is 12.6 Å². The molecule has 0 aliphatic rings. The Morgan fingerprint density at radius 1 is 1.19 bits per heavy atom. The fraction of sp³-hybridized carbons (Fsp3) is 0.167. The maximum Gasteiger partial charge on any atom is 0.238 e. The number of carbonyl (C=O) groups excluding carboxylic acids is 1. The molecule has 26 heavy (non-hydrogen) atoms. The van der Waals surface area contributed by atoms with Crippen molar-refractivity contribution in [1.29, 1.82) is 0 Å². The van der Waals surface area contributed by atoms with Gasteiger partial charge in [0.1, 0.15) is 12.1 Å². The summed E-state index contributed by atoms with van der Waals surface area (Å²) in [7, 11) is 0.139. The quantitative estimate of drug-likeness (QED) is 0.578. The van der Waals surface area contributed by atoms with Crippen molar-refractivity contribution in [2.45, 2.75) is 12.6 Å². The number of hydrogen-bond acceptors (Lipinski definition) is 3. The Labute approximate surface area is 163 Å². The van der Waals surface area contributed by atoms with Gasteiger partial charge in [-0.25, -0.2) is 9.97 Å². The van der Waals surface area contributed by atoms with Crippen LogP contribution in [0.3, 0.4) is 0 Å². The highest BCUT2D eigenvalue weighted by atomic mass is 35.5. The zero-order valence-corrected chi connectivity index (χ0v) is 16.3. The van der Waals surface area contributed by atoms with Crippen molar-refractivity contribution < 1.29 is 4.79 Å². The highest BCUT2D eigenvalue weighted by Gasteiger charge is 2.05. The fourth-order valence-electron chi connectivity index (χ4n) is 2.34. The maximum absolute atomic E-state index is 12.0. The molecule has 0 spiro atoms. The van der Waals surface area contributed by atoms with E-state index >= 15 is 0 Å². The molecule has 0 aliphatic carbocycles. The van der Waals surface area contributed by atoms with Crippen LogP contribution in [0.5, 0.6) is 0 Å². The highest BCUT2D eigenvalue weighted by Crippen LogP contribution is 2.26. The molecular weight excluding hydrogens is 390 g/mol. The number of benzene rings is 1. The molecule has 5 nitrogen and oxygen atoms in total. The Kier molecular flexibility index (Phi) is 6.62. The number of carbonyl (C=O) groups is 1. The number of imidazole rings is 1. The first kappa shape index (κ1) is 18.8. The second kappa shape index (κ2) is 9.13. The number of amides is 1. The molecule has 1 N–H and O–H groups in total. The smallest absolute Gasteiger partial charge is 0.238 e. The highest BCUT2D eigenvalue weighted by molar-refractivity contribution is 7.56. The van der Waals surface area contributed by atoms with Crippen LogP contribution in [0, 0.1) is 0 Å². The second-order valence-corrected chi connectivity index (χ2v) is 7.54. The number of aromatic nitrogens is 3. The molecule has 3 aromatic rings. The lowest BCUT2D eigenvalue weighted by atomic mass is 10.2. The first-order valence-electron chi connectivity index (χ1n) is 8.02. The Bertz CT molecular complexity index is 887. The van der Waals surface area contributed by atoms with Gasteiger partial charge in [0.2, 0.25) is 5.65 Å². The Morgan fingerprint density at radius 3 is 2.85 bits per heavy atom. The van der Waals surface area contributed by atoms with E-state index in [2.05, 4.69) is 15.3 Å². The van der Waals surface area contributed by atoms with E-state index in [-0.39, 0.29) is 14.2 Å². The summed E-state index contributed by atoms with van der Waals surface area (Å²) in [4.78, 5) is 20.6. The van der Waals surface area contributed by atoms with Crippen LogP contribution in [0.25, 0.3) is 5.82 Å². The van der Waals surface area contributed by atoms with E-state index in [1.54, 1.807) is 24.7 Å². The first-order valence-corrected chi connectivity index (χ1v) is 9.98. The van der Waals surface area contributed by atoms with Gasteiger partial charge in [0.15, 0.2) is 0 Å². The van der Waals surface area contributed by atoms with E-state index in [4.69, 9.17) is 23.2 Å². The van der Waals surface area contributed by atoms with Crippen molar-refractivity contribution in [2.24, 2.45) is 0 Å². The average molecular weight is 407 g/mol. The summed E-state index contributed by atoms with van der Waals surface area (Å²) < 4.78 is 1.85. The SMILES string of the molecule is O=C(NCCc1cccc(-n2ccnc2)n1)PCc1ccc(Cl)c(Cl)c1. The third kappa shape index (κ3) is 5.28. The van der Waals surface area contributed by atoms with E-state index in [9.17, 15) is 4.79 Å². The number of nitrogens with one attached hydrogen (secondary N) is 1. The number of nitrogens with zero attached hydrogens (tertiary/aromatic N) is 3. The zero-order valence-electron chi connectivity index (χ0n) is 13.8. The van der Waals surface area contributed by atoms with Crippen LogP contribution in [0.2, 0.25) is 10.0 Å². The van der Waals surface area contributed by atoms with Crippen LogP contribution in [0.1, 0.15) is 11.3 Å². The van der Waals surface area contributed by atoms with Gasteiger partial charge in [0.25, 0.3) is 0 Å². The number of halogens is 2. The molecule has 1 unspecified atom stereocenters. The summed E-state index contributed by atoms with van der Waals surface area (Å²) in [6, 6.07) is 11.3. The van der Waals surface area contributed by atoms with E-state index in [1.165, 1.54) is 0 Å². The van der Waals surface area contributed by atoms with Gasteiger partial charge in [-0.15, -0.1) is 0 Å². The van der Waals surface area contributed by atoms with Gasteiger partial charge in [-0.1, -0.05) is 35.3 Å². The molecule has 0 aliphatic heterocycles. The molecule has 0 saturated carbocycles. The monoisotopic (exact) mass is 406 g/mol. The van der Waals surface area contributed by atoms with E-state index in [0.29, 0.717) is 29.2 Å². The molecule has 1 aromatic carbocycles. The lowest BCUT2D eigenvalue weighted by molar-refractivity contribution is 0.260. The van der Waals surface area contributed by atoms with Gasteiger partial charge in [0, 0.05) is 31.1 Å². The van der Waals surface area contributed by atoms with E-state index < -0.39 is 0 Å². The van der Waals surface area contributed by atoms with E-state index in [0.717, 1.165) is 17.1 Å². The van der Waals surface area contributed by atoms with E-state index in [1.807, 2.05) is 35.0 Å². The summed E-state index contributed by atoms with van der Waals surface area (Å²) in [5.74, 6) is 0.813. The standard InChI is InChI=1S/C18H17Cl2N4OP/c19-15-5-4-13(10-16(15)20)11-26-18(25)22-7-6-14-2-1-3-17(23-14)24-9-8-21-12-24/h1-5,8-10,12,26H,6-7,11H2,(H,22,25). The van der Waals surface area contributed by atoms with Crippen molar-refractivity contribution >= 4 is 37.4 Å². The summed E-state index contributed by atoms with van der Waals surface area (Å²) in [6.07, 6.45) is 6.59. The molecule has 1 atom stereocenters. The van der Waals surface area contributed by atoms with Crippen molar-refractivity contribution in [3.8, 4) is 5.82 Å². The summed E-state index contributed by atoms with van der Waals surface area (Å²) >= 11 is 11.9. The first-order chi connectivity index (χ1) is 12.6. The van der Waals surface area contributed by atoms with Gasteiger partial charge < -0.3 is 5.32 Å². The minimum Gasteiger partial charge on any atom is -0.352 e. The Balaban J connectivity index is 1.45. The summed E-state index contributed by atoms with van der Waals surface area (Å²) in [5, 5.41) is 3.97. The Hall–Kier alpha value is -1.94. The maximum atomic E-state index is 12.0. The topological polar surface area (TPSA) is 59.8 Å². The number of rotatable bonds is 7. The molecule has 2 heterocycles. The molecule has 0 bridgehead atoms. The van der Waals surface area contributed by atoms with Gasteiger partial charge in [-0.3, -0.25) is 9.36 Å². The van der Waals surface area contributed by atoms with Crippen LogP contribution >= 0.6 is 31.8 Å². The van der Waals surface area contributed by atoms with Crippen LogP contribution in [0.4, 0.5) is 4.79 Å². The molecule has 0 saturated heterocycles. The van der Waals surface area contributed by atoms with Crippen LogP contribution in [0.15, 0.2) is 55.1 Å². The predicted molar refractivity (Wildman–Crippen MR) is 107 cm³/mol. The second-order valence-electron chi connectivity index (χ2n) is 5.56. The van der Waals surface area contributed by atoms with Crippen molar-refractivity contribution in [3.63, 3.8) is 0 Å². The molecule has 134 valence electrons. The van der Waals surface area contributed by atoms with Crippen LogP contribution < -0.4 is 5.32 Å². The van der Waals surface area contributed by atoms with Gasteiger partial charge in [0.05, 0.1) is 10.0 Å². The largest absolute Gasteiger partial charge is 0.352 e. The lowest BCUT2D eigenvalue weighted by Gasteiger charge is -2.07. The normalized spacial score (nSPS) is 11.2. The van der Waals surface area contributed by atoms with Crippen molar-refractivity contribution in [2.75, 3.05) is 6.54 Å². The molecule has 0 radical (unpaired) electrons. The third-order valence-corrected chi connectivity index (χ3v) is 5.49. The molecule has 1 amide bonds. The lowest BCUT2D eigenvalue weighted by Crippen LogP contribution is -2.21. The number of hydrogen-bond donors (Lipinski definition) is 1. The molecule has 3 rings (SSSR count). The molecule has 2 aromatic heterocycles. The van der Waals surface area contributed by atoms with Crippen molar-refractivity contribution in [1.82, 2.24) is 19.9 Å². The minimum absolute atomic E-state index is 0.0295. The van der Waals surface area contributed by atoms with Gasteiger partial charge in [-0.2, -0.15) is 0 Å². The number of pyridine rings is 1. The minimum atomic E-state index is 0.0295. The van der Waals surface area contributed by atoms with Crippen LogP contribution in [-0.4, -0.2) is 26.7 Å². The third-order valence-electron chi connectivity index (χ3n) is 3.66. The molecule has 8 heteroatoms. The predicted octanol–water partition coefficient (Wildman–Crippen LogP) is 4.70. The Morgan fingerprint density at radius 2 is 2.08 bits per heavy atom. The zero-order chi connectivity index (χ0) is 18.4. The molecule has 0 fully saturated rings. The van der Waals surface area contributed by atoms with Crippen molar-refractivity contribution in [3.05, 3.63) is 76.4 Å². The molecular formula is C18H17Cl2N4OP. The fourth-order valence-corrected chi connectivity index (χ4v) is 3.50. The van der Waals surface area contributed by atoms with Gasteiger partial charge >= 0.3 is 0 Å². The summed E-state index contributed by atoms with van der Waals surface area (Å²) in [5.41, 5.74) is 1.95.